The SMILES string of the molecule is Cc1cc(N2CCN(C(=O)c3ccc(-n4cccc4)cc3)CC2)nc(N2CCOCC2)n1. The Morgan fingerprint density at radius 2 is 1.56 bits per heavy atom. The van der Waals surface area contributed by atoms with Gasteiger partial charge in [-0.3, -0.25) is 4.79 Å². The third-order valence-corrected chi connectivity index (χ3v) is 6.03. The Morgan fingerprint density at radius 1 is 0.875 bits per heavy atom. The maximum atomic E-state index is 13.0. The lowest BCUT2D eigenvalue weighted by Crippen LogP contribution is -2.49. The molecule has 1 aromatic carbocycles. The number of nitrogens with zero attached hydrogens (tertiary/aromatic N) is 6. The van der Waals surface area contributed by atoms with E-state index in [0.29, 0.717) is 26.3 Å². The lowest BCUT2D eigenvalue weighted by atomic mass is 10.1. The van der Waals surface area contributed by atoms with Gasteiger partial charge in [0.1, 0.15) is 5.82 Å². The zero-order valence-corrected chi connectivity index (χ0v) is 18.4. The number of ether oxygens (including phenoxy) is 1. The first-order chi connectivity index (χ1) is 15.7. The van der Waals surface area contributed by atoms with Gasteiger partial charge in [0.15, 0.2) is 0 Å². The number of anilines is 2. The zero-order valence-electron chi connectivity index (χ0n) is 18.4. The van der Waals surface area contributed by atoms with Crippen molar-refractivity contribution in [3.63, 3.8) is 0 Å². The molecular formula is C24H28N6O2. The Balaban J connectivity index is 1.23. The lowest BCUT2D eigenvalue weighted by Gasteiger charge is -2.36. The molecule has 4 heterocycles. The van der Waals surface area contributed by atoms with Crippen LogP contribution in [-0.2, 0) is 4.74 Å². The number of amides is 1. The number of hydrogen-bond acceptors (Lipinski definition) is 6. The van der Waals surface area contributed by atoms with E-state index >= 15 is 0 Å². The predicted octanol–water partition coefficient (Wildman–Crippen LogP) is 2.37. The fourth-order valence-corrected chi connectivity index (χ4v) is 4.21. The third kappa shape index (κ3) is 4.31. The molecule has 3 aromatic rings. The highest BCUT2D eigenvalue weighted by Crippen LogP contribution is 2.21. The molecule has 0 atom stereocenters. The molecule has 2 aliphatic heterocycles. The summed E-state index contributed by atoms with van der Waals surface area (Å²) in [6, 6.07) is 13.8. The largest absolute Gasteiger partial charge is 0.378 e. The second-order valence-corrected chi connectivity index (χ2v) is 8.18. The smallest absolute Gasteiger partial charge is 0.253 e. The highest BCUT2D eigenvalue weighted by molar-refractivity contribution is 5.94. The molecular weight excluding hydrogens is 404 g/mol. The summed E-state index contributed by atoms with van der Waals surface area (Å²) in [4.78, 5) is 28.8. The van der Waals surface area contributed by atoms with Crippen LogP contribution in [0.1, 0.15) is 16.1 Å². The van der Waals surface area contributed by atoms with Crippen molar-refractivity contribution in [3.8, 4) is 5.69 Å². The number of morpholine rings is 1. The summed E-state index contributed by atoms with van der Waals surface area (Å²) in [5.74, 6) is 1.78. The molecule has 2 saturated heterocycles. The molecule has 0 aliphatic carbocycles. The monoisotopic (exact) mass is 432 g/mol. The van der Waals surface area contributed by atoms with Crippen LogP contribution in [0.4, 0.5) is 11.8 Å². The first-order valence-corrected chi connectivity index (χ1v) is 11.1. The third-order valence-electron chi connectivity index (χ3n) is 6.03. The van der Waals surface area contributed by atoms with Crippen LogP contribution in [-0.4, -0.2) is 77.8 Å². The van der Waals surface area contributed by atoms with Crippen LogP contribution in [0.2, 0.25) is 0 Å². The number of carbonyl (C=O) groups excluding carboxylic acids is 1. The average molecular weight is 433 g/mol. The second-order valence-electron chi connectivity index (χ2n) is 8.18. The molecule has 0 N–H and O–H groups in total. The number of piperazine rings is 1. The lowest BCUT2D eigenvalue weighted by molar-refractivity contribution is 0.0746. The topological polar surface area (TPSA) is 66.7 Å². The maximum absolute atomic E-state index is 13.0. The van der Waals surface area contributed by atoms with Crippen molar-refractivity contribution < 1.29 is 9.53 Å². The fourth-order valence-electron chi connectivity index (χ4n) is 4.21. The van der Waals surface area contributed by atoms with Gasteiger partial charge in [-0.05, 0) is 43.3 Å². The Labute approximate surface area is 188 Å². The van der Waals surface area contributed by atoms with Crippen LogP contribution in [0, 0.1) is 6.92 Å². The summed E-state index contributed by atoms with van der Waals surface area (Å²) in [6.45, 7) is 7.91. The molecule has 0 spiro atoms. The van der Waals surface area contributed by atoms with Crippen LogP contribution in [0.25, 0.3) is 5.69 Å². The van der Waals surface area contributed by atoms with Crippen LogP contribution < -0.4 is 9.80 Å². The van der Waals surface area contributed by atoms with Crippen LogP contribution in [0.5, 0.6) is 0 Å². The number of rotatable bonds is 4. The summed E-state index contributed by atoms with van der Waals surface area (Å²) < 4.78 is 7.48. The number of aryl methyl sites for hydroxylation is 1. The Bertz CT molecular complexity index is 1050. The van der Waals surface area contributed by atoms with Crippen molar-refractivity contribution in [2.45, 2.75) is 6.92 Å². The van der Waals surface area contributed by atoms with E-state index in [0.717, 1.165) is 54.9 Å². The summed E-state index contributed by atoms with van der Waals surface area (Å²) in [5, 5.41) is 0. The van der Waals surface area contributed by atoms with E-state index in [1.54, 1.807) is 0 Å². The van der Waals surface area contributed by atoms with Gasteiger partial charge >= 0.3 is 0 Å². The van der Waals surface area contributed by atoms with E-state index in [9.17, 15) is 4.79 Å². The number of aromatic nitrogens is 3. The molecule has 2 fully saturated rings. The Hall–Kier alpha value is -3.39. The van der Waals surface area contributed by atoms with Crippen molar-refractivity contribution in [2.75, 3.05) is 62.3 Å². The van der Waals surface area contributed by atoms with Crippen molar-refractivity contribution in [1.29, 1.82) is 0 Å². The van der Waals surface area contributed by atoms with E-state index in [-0.39, 0.29) is 5.91 Å². The van der Waals surface area contributed by atoms with Gasteiger partial charge in [-0.15, -0.1) is 0 Å². The minimum Gasteiger partial charge on any atom is -0.378 e. The van der Waals surface area contributed by atoms with Gasteiger partial charge in [0, 0.05) is 74.7 Å². The van der Waals surface area contributed by atoms with E-state index in [4.69, 9.17) is 9.72 Å². The number of benzene rings is 1. The Morgan fingerprint density at radius 3 is 2.25 bits per heavy atom. The number of hydrogen-bond donors (Lipinski definition) is 0. The van der Waals surface area contributed by atoms with Gasteiger partial charge in [-0.2, -0.15) is 4.98 Å². The molecule has 8 heteroatoms. The van der Waals surface area contributed by atoms with E-state index in [2.05, 4.69) is 14.8 Å². The molecule has 2 aliphatic rings. The summed E-state index contributed by atoms with van der Waals surface area (Å²) in [7, 11) is 0. The molecule has 0 unspecified atom stereocenters. The molecule has 1 amide bonds. The van der Waals surface area contributed by atoms with Crippen molar-refractivity contribution >= 4 is 17.7 Å². The van der Waals surface area contributed by atoms with Crippen LogP contribution in [0.3, 0.4) is 0 Å². The molecule has 0 radical (unpaired) electrons. The van der Waals surface area contributed by atoms with Crippen molar-refractivity contribution in [2.24, 2.45) is 0 Å². The molecule has 166 valence electrons. The quantitative estimate of drug-likeness (QED) is 0.631. The Kier molecular flexibility index (Phi) is 5.77. The van der Waals surface area contributed by atoms with Crippen molar-refractivity contribution in [1.82, 2.24) is 19.4 Å². The molecule has 0 saturated carbocycles. The molecule has 2 aromatic heterocycles. The summed E-state index contributed by atoms with van der Waals surface area (Å²) >= 11 is 0. The minimum absolute atomic E-state index is 0.0802. The minimum atomic E-state index is 0.0802. The number of carbonyl (C=O) groups is 1. The molecule has 5 rings (SSSR count). The predicted molar refractivity (Wildman–Crippen MR) is 124 cm³/mol. The fraction of sp³-hybridized carbons (Fsp3) is 0.375. The van der Waals surface area contributed by atoms with Gasteiger partial charge in [0.05, 0.1) is 13.2 Å². The summed E-state index contributed by atoms with van der Waals surface area (Å²) in [6.07, 6.45) is 3.99. The van der Waals surface area contributed by atoms with Gasteiger partial charge in [-0.25, -0.2) is 4.98 Å². The highest BCUT2D eigenvalue weighted by atomic mass is 16.5. The summed E-state index contributed by atoms with van der Waals surface area (Å²) in [5.41, 5.74) is 2.73. The van der Waals surface area contributed by atoms with Gasteiger partial charge in [-0.1, -0.05) is 0 Å². The van der Waals surface area contributed by atoms with Crippen LogP contribution in [0.15, 0.2) is 54.9 Å². The average Bonchev–Trinajstić information content (AvgIpc) is 3.39. The van der Waals surface area contributed by atoms with Gasteiger partial charge < -0.3 is 24.0 Å². The van der Waals surface area contributed by atoms with Crippen LogP contribution >= 0.6 is 0 Å². The van der Waals surface area contributed by atoms with E-state index in [1.807, 2.05) is 71.2 Å². The van der Waals surface area contributed by atoms with E-state index in [1.165, 1.54) is 0 Å². The standard InChI is InChI=1S/C24H28N6O2/c1-19-18-22(26-24(25-19)30-14-16-32-17-15-30)28-10-12-29(13-11-28)23(31)20-4-6-21(7-5-20)27-8-2-3-9-27/h2-9,18H,10-17H2,1H3. The second kappa shape index (κ2) is 9.00. The molecule has 32 heavy (non-hydrogen) atoms. The van der Waals surface area contributed by atoms with Gasteiger partial charge in [0.25, 0.3) is 5.91 Å². The first kappa shape index (κ1) is 20.5. The van der Waals surface area contributed by atoms with E-state index < -0.39 is 0 Å². The zero-order chi connectivity index (χ0) is 21.9. The molecule has 0 bridgehead atoms. The highest BCUT2D eigenvalue weighted by Gasteiger charge is 2.24. The van der Waals surface area contributed by atoms with Gasteiger partial charge in [0.2, 0.25) is 5.95 Å². The first-order valence-electron chi connectivity index (χ1n) is 11.1. The maximum Gasteiger partial charge on any atom is 0.253 e. The normalized spacial score (nSPS) is 17.0. The molecule has 8 nitrogen and oxygen atoms in total. The van der Waals surface area contributed by atoms with Crippen molar-refractivity contribution in [3.05, 3.63) is 66.1 Å².